The number of nitrogens with one attached hydrogen (secondary N) is 2. The van der Waals surface area contributed by atoms with E-state index in [1.165, 1.54) is 12.1 Å². The van der Waals surface area contributed by atoms with Crippen LogP contribution >= 0.6 is 0 Å². The van der Waals surface area contributed by atoms with Crippen molar-refractivity contribution in [3.05, 3.63) is 53.3 Å². The van der Waals surface area contributed by atoms with E-state index in [2.05, 4.69) is 33.2 Å². The molecule has 140 valence electrons. The molecule has 2 heterocycles. The Morgan fingerprint density at radius 1 is 1.27 bits per heavy atom. The molecule has 6 nitrogen and oxygen atoms in total. The molecule has 1 aliphatic rings. The van der Waals surface area contributed by atoms with Crippen LogP contribution in [-0.4, -0.2) is 40.7 Å². The summed E-state index contributed by atoms with van der Waals surface area (Å²) in [5.41, 5.74) is 3.13. The highest BCUT2D eigenvalue weighted by molar-refractivity contribution is 5.83. The van der Waals surface area contributed by atoms with E-state index in [1.807, 2.05) is 30.3 Å². The summed E-state index contributed by atoms with van der Waals surface area (Å²) in [6.07, 6.45) is 2.29. The Bertz CT molecular complexity index is 712. The molecule has 2 N–H and O–H groups in total. The van der Waals surface area contributed by atoms with Gasteiger partial charge in [-0.05, 0) is 38.1 Å². The molecule has 1 atom stereocenters. The third-order valence-electron chi connectivity index (χ3n) is 4.81. The van der Waals surface area contributed by atoms with E-state index in [0.717, 1.165) is 43.9 Å². The van der Waals surface area contributed by atoms with E-state index in [1.54, 1.807) is 7.05 Å². The number of carbonyl (C=O) groups is 1. The van der Waals surface area contributed by atoms with Gasteiger partial charge in [0.05, 0.1) is 17.9 Å². The third-order valence-corrected chi connectivity index (χ3v) is 4.81. The molecular weight excluding hydrogens is 326 g/mol. The zero-order chi connectivity index (χ0) is 18.4. The number of aromatic nitrogens is 2. The quantitative estimate of drug-likeness (QED) is 0.798. The summed E-state index contributed by atoms with van der Waals surface area (Å²) in [6, 6.07) is 11.5. The van der Waals surface area contributed by atoms with Gasteiger partial charge in [-0.3, -0.25) is 14.4 Å². The van der Waals surface area contributed by atoms with Gasteiger partial charge in [0.25, 0.3) is 0 Å². The van der Waals surface area contributed by atoms with Crippen molar-refractivity contribution in [2.75, 3.05) is 20.1 Å². The van der Waals surface area contributed by atoms with Crippen molar-refractivity contribution in [2.24, 2.45) is 0 Å². The number of carbonyl (C=O) groups excluding carboxylic acids is 1. The largest absolute Gasteiger partial charge is 0.349 e. The predicted octanol–water partition coefficient (Wildman–Crippen LogP) is 2.08. The second kappa shape index (κ2) is 8.96. The van der Waals surface area contributed by atoms with Crippen LogP contribution in [0.3, 0.4) is 0 Å². The zero-order valence-electron chi connectivity index (χ0n) is 15.7. The van der Waals surface area contributed by atoms with Crippen LogP contribution in [0.15, 0.2) is 36.4 Å². The van der Waals surface area contributed by atoms with E-state index < -0.39 is 0 Å². The van der Waals surface area contributed by atoms with Gasteiger partial charge in [-0.2, -0.15) is 5.10 Å². The third kappa shape index (κ3) is 4.51. The Balaban J connectivity index is 1.61. The van der Waals surface area contributed by atoms with Crippen molar-refractivity contribution in [3.63, 3.8) is 0 Å². The standard InChI is InChI=1S/C20H29N5O/c1-3-10-24-11-7-12-25-18(15-24)13-17(23-25)14-22-20(26)19(21-2)16-8-5-4-6-9-16/h4-6,8-9,13,19,21H,3,7,10-12,14-15H2,1-2H3,(H,22,26)/t19-/m0/s1. The van der Waals surface area contributed by atoms with Gasteiger partial charge in [0.1, 0.15) is 6.04 Å². The molecule has 1 aromatic carbocycles. The second-order valence-corrected chi connectivity index (χ2v) is 6.83. The molecular formula is C20H29N5O. The minimum absolute atomic E-state index is 0.0329. The molecule has 6 heteroatoms. The van der Waals surface area contributed by atoms with Crippen LogP contribution < -0.4 is 10.6 Å². The Labute approximate surface area is 155 Å². The average Bonchev–Trinajstić information content (AvgIpc) is 2.93. The molecule has 1 amide bonds. The Hall–Kier alpha value is -2.18. The van der Waals surface area contributed by atoms with Crippen LogP contribution in [0.25, 0.3) is 0 Å². The number of benzene rings is 1. The van der Waals surface area contributed by atoms with Gasteiger partial charge in [-0.25, -0.2) is 0 Å². The second-order valence-electron chi connectivity index (χ2n) is 6.83. The SMILES string of the molecule is CCCN1CCCn2nc(CNC(=O)[C@@H](NC)c3ccccc3)cc2C1. The first-order valence-electron chi connectivity index (χ1n) is 9.49. The minimum Gasteiger partial charge on any atom is -0.349 e. The number of hydrogen-bond acceptors (Lipinski definition) is 4. The molecule has 0 bridgehead atoms. The van der Waals surface area contributed by atoms with Gasteiger partial charge in [-0.15, -0.1) is 0 Å². The van der Waals surface area contributed by atoms with E-state index in [0.29, 0.717) is 6.54 Å². The molecule has 0 spiro atoms. The molecule has 0 saturated heterocycles. The van der Waals surface area contributed by atoms with E-state index >= 15 is 0 Å². The summed E-state index contributed by atoms with van der Waals surface area (Å²) in [5.74, 6) is -0.0329. The van der Waals surface area contributed by atoms with Crippen LogP contribution in [0.2, 0.25) is 0 Å². The Morgan fingerprint density at radius 2 is 2.08 bits per heavy atom. The van der Waals surface area contributed by atoms with Crippen LogP contribution in [0.5, 0.6) is 0 Å². The maximum atomic E-state index is 12.6. The van der Waals surface area contributed by atoms with Gasteiger partial charge in [0, 0.05) is 19.6 Å². The van der Waals surface area contributed by atoms with Crippen LogP contribution in [0.4, 0.5) is 0 Å². The summed E-state index contributed by atoms with van der Waals surface area (Å²) < 4.78 is 2.10. The molecule has 2 aromatic rings. The van der Waals surface area contributed by atoms with Gasteiger partial charge in [0.15, 0.2) is 0 Å². The number of aryl methyl sites for hydroxylation is 1. The smallest absolute Gasteiger partial charge is 0.242 e. The monoisotopic (exact) mass is 355 g/mol. The average molecular weight is 355 g/mol. The molecule has 0 unspecified atom stereocenters. The fourth-order valence-corrected chi connectivity index (χ4v) is 3.56. The number of amides is 1. The molecule has 1 aliphatic heterocycles. The minimum atomic E-state index is -0.350. The zero-order valence-corrected chi connectivity index (χ0v) is 15.7. The number of likely N-dealkylation sites (N-methyl/N-ethyl adjacent to an activating group) is 1. The first kappa shape index (κ1) is 18.6. The Kier molecular flexibility index (Phi) is 6.41. The fraction of sp³-hybridized carbons (Fsp3) is 0.500. The highest BCUT2D eigenvalue weighted by Gasteiger charge is 2.20. The topological polar surface area (TPSA) is 62.2 Å². The highest BCUT2D eigenvalue weighted by atomic mass is 16.2. The van der Waals surface area contributed by atoms with Crippen molar-refractivity contribution in [1.82, 2.24) is 25.3 Å². The summed E-state index contributed by atoms with van der Waals surface area (Å²) in [4.78, 5) is 15.0. The molecule has 0 aliphatic carbocycles. The lowest BCUT2D eigenvalue weighted by atomic mass is 10.1. The van der Waals surface area contributed by atoms with Crippen molar-refractivity contribution < 1.29 is 4.79 Å². The summed E-state index contributed by atoms with van der Waals surface area (Å²) in [6.45, 7) is 6.82. The maximum Gasteiger partial charge on any atom is 0.242 e. The predicted molar refractivity (Wildman–Crippen MR) is 103 cm³/mol. The summed E-state index contributed by atoms with van der Waals surface area (Å²) in [5, 5.41) is 10.8. The lowest BCUT2D eigenvalue weighted by Gasteiger charge is -2.17. The summed E-state index contributed by atoms with van der Waals surface area (Å²) in [7, 11) is 1.80. The lowest BCUT2D eigenvalue weighted by molar-refractivity contribution is -0.123. The molecule has 0 saturated carbocycles. The van der Waals surface area contributed by atoms with Crippen LogP contribution in [0, 0.1) is 0 Å². The van der Waals surface area contributed by atoms with E-state index in [9.17, 15) is 4.79 Å². The number of rotatable bonds is 7. The van der Waals surface area contributed by atoms with Gasteiger partial charge in [-0.1, -0.05) is 37.3 Å². The van der Waals surface area contributed by atoms with Gasteiger partial charge < -0.3 is 10.6 Å². The van der Waals surface area contributed by atoms with Crippen LogP contribution in [-0.2, 0) is 24.4 Å². The van der Waals surface area contributed by atoms with Crippen LogP contribution in [0.1, 0.15) is 42.8 Å². The van der Waals surface area contributed by atoms with Crippen molar-refractivity contribution >= 4 is 5.91 Å². The number of fused-ring (bicyclic) bond motifs is 1. The Morgan fingerprint density at radius 3 is 2.81 bits per heavy atom. The van der Waals surface area contributed by atoms with Crippen molar-refractivity contribution in [1.29, 1.82) is 0 Å². The van der Waals surface area contributed by atoms with Gasteiger partial charge in [0.2, 0.25) is 5.91 Å². The normalized spacial score (nSPS) is 15.9. The summed E-state index contributed by atoms with van der Waals surface area (Å²) >= 11 is 0. The number of nitrogens with zero attached hydrogens (tertiary/aromatic N) is 3. The van der Waals surface area contributed by atoms with E-state index in [-0.39, 0.29) is 11.9 Å². The maximum absolute atomic E-state index is 12.6. The molecule has 3 rings (SSSR count). The lowest BCUT2D eigenvalue weighted by Crippen LogP contribution is -2.35. The van der Waals surface area contributed by atoms with E-state index in [4.69, 9.17) is 5.10 Å². The molecule has 1 aromatic heterocycles. The van der Waals surface area contributed by atoms with Crippen molar-refractivity contribution in [3.8, 4) is 0 Å². The molecule has 0 fully saturated rings. The molecule has 0 radical (unpaired) electrons. The van der Waals surface area contributed by atoms with Gasteiger partial charge >= 0.3 is 0 Å². The fourth-order valence-electron chi connectivity index (χ4n) is 3.56. The highest BCUT2D eigenvalue weighted by Crippen LogP contribution is 2.15. The van der Waals surface area contributed by atoms with Crippen molar-refractivity contribution in [2.45, 2.75) is 45.4 Å². The number of hydrogen-bond donors (Lipinski definition) is 2. The first-order valence-corrected chi connectivity index (χ1v) is 9.49. The first-order chi connectivity index (χ1) is 12.7. The molecule has 26 heavy (non-hydrogen) atoms.